The maximum Gasteiger partial charge on any atom is 0.332 e. The lowest BCUT2D eigenvalue weighted by Crippen LogP contribution is -2.24. The topological polar surface area (TPSA) is 46.5 Å². The van der Waals surface area contributed by atoms with E-state index in [0.717, 1.165) is 19.3 Å². The first-order valence-electron chi connectivity index (χ1n) is 4.56. The second-order valence-corrected chi connectivity index (χ2v) is 2.84. The minimum atomic E-state index is -0.836. The van der Waals surface area contributed by atoms with E-state index in [0.29, 0.717) is 13.0 Å². The highest BCUT2D eigenvalue weighted by Gasteiger charge is 2.16. The van der Waals surface area contributed by atoms with E-state index >= 15 is 0 Å². The quantitative estimate of drug-likeness (QED) is 0.642. The van der Waals surface area contributed by atoms with E-state index in [1.54, 1.807) is 0 Å². The average Bonchev–Trinajstić information content (AvgIpc) is 2.04. The summed E-state index contributed by atoms with van der Waals surface area (Å²) < 4.78 is 5.16. The number of carbonyl (C=O) groups is 1. The van der Waals surface area contributed by atoms with Crippen molar-refractivity contribution in [2.75, 3.05) is 6.61 Å². The van der Waals surface area contributed by atoms with Crippen LogP contribution in [0.5, 0.6) is 0 Å². The van der Waals surface area contributed by atoms with Crippen LogP contribution in [0.15, 0.2) is 0 Å². The van der Waals surface area contributed by atoms with Crippen LogP contribution in [0.4, 0.5) is 0 Å². The number of aliphatic carboxylic acids is 1. The Morgan fingerprint density at radius 2 is 2.08 bits per heavy atom. The zero-order chi connectivity index (χ0) is 9.40. The van der Waals surface area contributed by atoms with E-state index in [-0.39, 0.29) is 0 Å². The second-order valence-electron chi connectivity index (χ2n) is 2.84. The summed E-state index contributed by atoms with van der Waals surface area (Å²) in [5, 5.41) is 8.70. The lowest BCUT2D eigenvalue weighted by molar-refractivity contribution is -0.150. The van der Waals surface area contributed by atoms with E-state index in [1.807, 2.05) is 13.8 Å². The van der Waals surface area contributed by atoms with Crippen LogP contribution in [0.2, 0.25) is 0 Å². The SMILES string of the molecule is CCCCC(OCCC)C(=O)O. The molecular weight excluding hydrogens is 156 g/mol. The largest absolute Gasteiger partial charge is 0.479 e. The standard InChI is InChI=1S/C9H18O3/c1-3-5-6-8(9(10)11)12-7-4-2/h8H,3-7H2,1-2H3,(H,10,11). The highest BCUT2D eigenvalue weighted by atomic mass is 16.5. The van der Waals surface area contributed by atoms with E-state index in [4.69, 9.17) is 9.84 Å². The fourth-order valence-electron chi connectivity index (χ4n) is 0.928. The first kappa shape index (κ1) is 11.4. The van der Waals surface area contributed by atoms with Crippen molar-refractivity contribution in [2.24, 2.45) is 0 Å². The smallest absolute Gasteiger partial charge is 0.332 e. The molecule has 0 saturated heterocycles. The van der Waals surface area contributed by atoms with Crippen molar-refractivity contribution >= 4 is 5.97 Å². The van der Waals surface area contributed by atoms with Crippen LogP contribution in [0.3, 0.4) is 0 Å². The molecule has 0 spiro atoms. The Labute approximate surface area is 73.7 Å². The van der Waals surface area contributed by atoms with Crippen molar-refractivity contribution in [3.8, 4) is 0 Å². The van der Waals surface area contributed by atoms with Gasteiger partial charge in [-0.3, -0.25) is 0 Å². The summed E-state index contributed by atoms with van der Waals surface area (Å²) in [6.45, 7) is 4.55. The third-order valence-electron chi connectivity index (χ3n) is 1.62. The maximum atomic E-state index is 10.6. The maximum absolute atomic E-state index is 10.6. The molecule has 1 N–H and O–H groups in total. The van der Waals surface area contributed by atoms with E-state index < -0.39 is 12.1 Å². The van der Waals surface area contributed by atoms with E-state index in [1.165, 1.54) is 0 Å². The molecule has 0 saturated carbocycles. The summed E-state index contributed by atoms with van der Waals surface area (Å²) in [6.07, 6.45) is 2.84. The van der Waals surface area contributed by atoms with E-state index in [2.05, 4.69) is 0 Å². The predicted molar refractivity (Wildman–Crippen MR) is 47.2 cm³/mol. The average molecular weight is 174 g/mol. The van der Waals surface area contributed by atoms with Gasteiger partial charge in [-0.05, 0) is 12.8 Å². The molecule has 0 fully saturated rings. The molecule has 0 aromatic heterocycles. The predicted octanol–water partition coefficient (Wildman–Crippen LogP) is 2.06. The molecule has 0 bridgehead atoms. The van der Waals surface area contributed by atoms with Crippen LogP contribution in [0.1, 0.15) is 39.5 Å². The molecule has 1 unspecified atom stereocenters. The van der Waals surface area contributed by atoms with Crippen LogP contribution in [0.25, 0.3) is 0 Å². The molecule has 0 aromatic carbocycles. The fraction of sp³-hybridized carbons (Fsp3) is 0.889. The lowest BCUT2D eigenvalue weighted by Gasteiger charge is -2.11. The van der Waals surface area contributed by atoms with Gasteiger partial charge in [-0.15, -0.1) is 0 Å². The molecule has 0 radical (unpaired) electrons. The third kappa shape index (κ3) is 5.13. The number of ether oxygens (including phenoxy) is 1. The number of hydrogen-bond acceptors (Lipinski definition) is 2. The van der Waals surface area contributed by atoms with Crippen molar-refractivity contribution in [3.05, 3.63) is 0 Å². The Morgan fingerprint density at radius 3 is 2.50 bits per heavy atom. The fourth-order valence-corrected chi connectivity index (χ4v) is 0.928. The molecule has 3 heteroatoms. The summed E-state index contributed by atoms with van der Waals surface area (Å²) in [5.41, 5.74) is 0. The first-order chi connectivity index (χ1) is 5.72. The van der Waals surface area contributed by atoms with Gasteiger partial charge in [0, 0.05) is 6.61 Å². The molecule has 0 aliphatic heterocycles. The number of carboxylic acid groups (broad SMARTS) is 1. The van der Waals surface area contributed by atoms with Gasteiger partial charge in [-0.25, -0.2) is 4.79 Å². The van der Waals surface area contributed by atoms with Gasteiger partial charge in [-0.1, -0.05) is 26.7 Å². The Morgan fingerprint density at radius 1 is 1.42 bits per heavy atom. The molecule has 3 nitrogen and oxygen atoms in total. The molecule has 12 heavy (non-hydrogen) atoms. The summed E-state index contributed by atoms with van der Waals surface area (Å²) in [7, 11) is 0. The van der Waals surface area contributed by atoms with Gasteiger partial charge >= 0.3 is 5.97 Å². The normalized spacial score (nSPS) is 12.8. The van der Waals surface area contributed by atoms with Gasteiger partial charge < -0.3 is 9.84 Å². The minimum Gasteiger partial charge on any atom is -0.479 e. The zero-order valence-electron chi connectivity index (χ0n) is 7.88. The van der Waals surface area contributed by atoms with Crippen molar-refractivity contribution in [1.29, 1.82) is 0 Å². The Hall–Kier alpha value is -0.570. The molecule has 0 aromatic rings. The van der Waals surface area contributed by atoms with Crippen molar-refractivity contribution < 1.29 is 14.6 Å². The Kier molecular flexibility index (Phi) is 6.76. The molecular formula is C9H18O3. The first-order valence-corrected chi connectivity index (χ1v) is 4.56. The van der Waals surface area contributed by atoms with Gasteiger partial charge in [0.2, 0.25) is 0 Å². The number of unbranched alkanes of at least 4 members (excludes halogenated alkanes) is 1. The summed E-state index contributed by atoms with van der Waals surface area (Å²) >= 11 is 0. The molecule has 0 heterocycles. The number of hydrogen-bond donors (Lipinski definition) is 1. The molecule has 72 valence electrons. The zero-order valence-corrected chi connectivity index (χ0v) is 7.88. The van der Waals surface area contributed by atoms with Gasteiger partial charge in [0.15, 0.2) is 6.10 Å². The van der Waals surface area contributed by atoms with Crippen LogP contribution in [-0.4, -0.2) is 23.8 Å². The Bertz CT molecular complexity index is 115. The monoisotopic (exact) mass is 174 g/mol. The molecule has 0 rings (SSSR count). The Balaban J connectivity index is 3.62. The third-order valence-corrected chi connectivity index (χ3v) is 1.62. The molecule has 1 atom stereocenters. The van der Waals surface area contributed by atoms with Crippen molar-refractivity contribution in [3.63, 3.8) is 0 Å². The lowest BCUT2D eigenvalue weighted by atomic mass is 10.1. The van der Waals surface area contributed by atoms with Gasteiger partial charge in [0.05, 0.1) is 0 Å². The van der Waals surface area contributed by atoms with Crippen LogP contribution >= 0.6 is 0 Å². The summed E-state index contributed by atoms with van der Waals surface area (Å²) in [4.78, 5) is 10.6. The van der Waals surface area contributed by atoms with Crippen LogP contribution in [0, 0.1) is 0 Å². The molecule has 0 amide bonds. The second kappa shape index (κ2) is 7.10. The summed E-state index contributed by atoms with van der Waals surface area (Å²) in [6, 6.07) is 0. The van der Waals surface area contributed by atoms with Gasteiger partial charge in [-0.2, -0.15) is 0 Å². The molecule has 0 aliphatic carbocycles. The van der Waals surface area contributed by atoms with Crippen molar-refractivity contribution in [2.45, 2.75) is 45.6 Å². The number of rotatable bonds is 7. The van der Waals surface area contributed by atoms with Crippen LogP contribution < -0.4 is 0 Å². The summed E-state index contributed by atoms with van der Waals surface area (Å²) in [5.74, 6) is -0.836. The van der Waals surface area contributed by atoms with Gasteiger partial charge in [0.25, 0.3) is 0 Å². The van der Waals surface area contributed by atoms with Gasteiger partial charge in [0.1, 0.15) is 0 Å². The minimum absolute atomic E-state index is 0.542. The van der Waals surface area contributed by atoms with Crippen LogP contribution in [-0.2, 0) is 9.53 Å². The van der Waals surface area contributed by atoms with E-state index in [9.17, 15) is 4.79 Å². The highest BCUT2D eigenvalue weighted by molar-refractivity contribution is 5.72. The molecule has 0 aliphatic rings. The van der Waals surface area contributed by atoms with Crippen molar-refractivity contribution in [1.82, 2.24) is 0 Å². The highest BCUT2D eigenvalue weighted by Crippen LogP contribution is 2.05. The number of carboxylic acids is 1.